The predicted molar refractivity (Wildman–Crippen MR) is 103 cm³/mol. The van der Waals surface area contributed by atoms with E-state index in [1.807, 2.05) is 75.4 Å². The first-order chi connectivity index (χ1) is 12.0. The van der Waals surface area contributed by atoms with Crippen LogP contribution >= 0.6 is 0 Å². The van der Waals surface area contributed by atoms with E-state index in [9.17, 15) is 9.90 Å². The molecular weight excluding hydrogens is 312 g/mol. The number of aryl methyl sites for hydroxylation is 1. The fraction of sp³-hybridized carbons (Fsp3) is 0.381. The standard InChI is InChI=1S/C21H28N2O2/c1-15-9-7-8-12-19(15)23-21(25)14-17(3)22-16(2)13-20(24)18-10-5-4-6-11-18/h4-12,16-17,20,22,24H,13-14H2,1-3H3,(H,23,25). The van der Waals surface area contributed by atoms with E-state index in [2.05, 4.69) is 10.6 Å². The molecule has 1 amide bonds. The number of aliphatic hydroxyl groups is 1. The Morgan fingerprint density at radius 1 is 1.00 bits per heavy atom. The van der Waals surface area contributed by atoms with E-state index >= 15 is 0 Å². The number of amides is 1. The van der Waals surface area contributed by atoms with Gasteiger partial charge in [-0.1, -0.05) is 48.5 Å². The van der Waals surface area contributed by atoms with Crippen LogP contribution < -0.4 is 10.6 Å². The number of aliphatic hydroxyl groups excluding tert-OH is 1. The Hall–Kier alpha value is -2.17. The van der Waals surface area contributed by atoms with E-state index < -0.39 is 6.10 Å². The van der Waals surface area contributed by atoms with Gasteiger partial charge in [0.1, 0.15) is 0 Å². The highest BCUT2D eigenvalue weighted by molar-refractivity contribution is 5.91. The monoisotopic (exact) mass is 340 g/mol. The summed E-state index contributed by atoms with van der Waals surface area (Å²) in [4.78, 5) is 12.2. The van der Waals surface area contributed by atoms with Crippen molar-refractivity contribution in [1.29, 1.82) is 0 Å². The molecule has 0 spiro atoms. The minimum Gasteiger partial charge on any atom is -0.388 e. The third kappa shape index (κ3) is 6.33. The van der Waals surface area contributed by atoms with Crippen LogP contribution in [0.1, 0.15) is 43.9 Å². The molecule has 3 N–H and O–H groups in total. The molecule has 0 saturated carbocycles. The Morgan fingerprint density at radius 2 is 1.64 bits per heavy atom. The molecule has 25 heavy (non-hydrogen) atoms. The van der Waals surface area contributed by atoms with Crippen LogP contribution in [-0.2, 0) is 4.79 Å². The molecule has 2 aromatic carbocycles. The molecule has 0 aliphatic rings. The van der Waals surface area contributed by atoms with Crippen molar-refractivity contribution in [3.63, 3.8) is 0 Å². The second kappa shape index (κ2) is 9.35. The number of benzene rings is 2. The maximum Gasteiger partial charge on any atom is 0.225 e. The average molecular weight is 340 g/mol. The molecule has 2 rings (SSSR count). The van der Waals surface area contributed by atoms with Crippen LogP contribution in [0.4, 0.5) is 5.69 Å². The van der Waals surface area contributed by atoms with E-state index in [0.29, 0.717) is 12.8 Å². The Balaban J connectivity index is 1.78. The summed E-state index contributed by atoms with van der Waals surface area (Å²) in [5.74, 6) is -0.00916. The van der Waals surface area contributed by atoms with Crippen molar-refractivity contribution in [3.8, 4) is 0 Å². The zero-order valence-electron chi connectivity index (χ0n) is 15.2. The average Bonchev–Trinajstić information content (AvgIpc) is 2.57. The van der Waals surface area contributed by atoms with Crippen LogP contribution in [0, 0.1) is 6.92 Å². The van der Waals surface area contributed by atoms with Crippen molar-refractivity contribution >= 4 is 11.6 Å². The molecule has 0 aromatic heterocycles. The van der Waals surface area contributed by atoms with E-state index in [-0.39, 0.29) is 18.0 Å². The highest BCUT2D eigenvalue weighted by atomic mass is 16.3. The summed E-state index contributed by atoms with van der Waals surface area (Å²) < 4.78 is 0. The van der Waals surface area contributed by atoms with Gasteiger partial charge < -0.3 is 15.7 Å². The number of rotatable bonds is 8. The molecule has 3 atom stereocenters. The van der Waals surface area contributed by atoms with Gasteiger partial charge in [-0.2, -0.15) is 0 Å². The van der Waals surface area contributed by atoms with Crippen LogP contribution in [-0.4, -0.2) is 23.1 Å². The van der Waals surface area contributed by atoms with E-state index in [1.54, 1.807) is 0 Å². The maximum absolute atomic E-state index is 12.2. The minimum atomic E-state index is -0.503. The highest BCUT2D eigenvalue weighted by Gasteiger charge is 2.16. The van der Waals surface area contributed by atoms with Crippen LogP contribution in [0.2, 0.25) is 0 Å². The summed E-state index contributed by atoms with van der Waals surface area (Å²) in [6, 6.07) is 17.5. The second-order valence-electron chi connectivity index (χ2n) is 6.70. The van der Waals surface area contributed by atoms with Crippen LogP contribution in [0.3, 0.4) is 0 Å². The zero-order chi connectivity index (χ0) is 18.2. The topological polar surface area (TPSA) is 61.4 Å². The second-order valence-corrected chi connectivity index (χ2v) is 6.70. The normalized spacial score (nSPS) is 14.6. The van der Waals surface area contributed by atoms with Crippen LogP contribution in [0.25, 0.3) is 0 Å². The molecule has 0 fully saturated rings. The lowest BCUT2D eigenvalue weighted by Crippen LogP contribution is -2.37. The largest absolute Gasteiger partial charge is 0.388 e. The van der Waals surface area contributed by atoms with Gasteiger partial charge in [0.2, 0.25) is 5.91 Å². The lowest BCUT2D eigenvalue weighted by atomic mass is 10.0. The Labute approximate surface area is 150 Å². The van der Waals surface area contributed by atoms with Crippen LogP contribution in [0.5, 0.6) is 0 Å². The van der Waals surface area contributed by atoms with E-state index in [1.165, 1.54) is 0 Å². The summed E-state index contributed by atoms with van der Waals surface area (Å²) in [5.41, 5.74) is 2.82. The van der Waals surface area contributed by atoms with Gasteiger partial charge in [-0.25, -0.2) is 0 Å². The first kappa shape index (κ1) is 19.2. The first-order valence-electron chi connectivity index (χ1n) is 8.80. The first-order valence-corrected chi connectivity index (χ1v) is 8.80. The van der Waals surface area contributed by atoms with Gasteiger partial charge in [0.25, 0.3) is 0 Å². The van der Waals surface area contributed by atoms with Crippen molar-refractivity contribution in [2.45, 2.75) is 51.8 Å². The minimum absolute atomic E-state index is 0.00916. The molecule has 2 aromatic rings. The van der Waals surface area contributed by atoms with Gasteiger partial charge in [-0.15, -0.1) is 0 Å². The Kier molecular flexibility index (Phi) is 7.16. The number of nitrogens with one attached hydrogen (secondary N) is 2. The summed E-state index contributed by atoms with van der Waals surface area (Å²) in [5, 5.41) is 16.6. The smallest absolute Gasteiger partial charge is 0.225 e. The van der Waals surface area contributed by atoms with Crippen LogP contribution in [0.15, 0.2) is 54.6 Å². The fourth-order valence-corrected chi connectivity index (χ4v) is 2.95. The van der Waals surface area contributed by atoms with Crippen molar-refractivity contribution in [3.05, 3.63) is 65.7 Å². The lowest BCUT2D eigenvalue weighted by molar-refractivity contribution is -0.116. The molecule has 0 aliphatic carbocycles. The van der Waals surface area contributed by atoms with Gasteiger partial charge >= 0.3 is 0 Å². The molecule has 0 heterocycles. The quantitative estimate of drug-likeness (QED) is 0.685. The number of hydrogen-bond donors (Lipinski definition) is 3. The summed E-state index contributed by atoms with van der Waals surface area (Å²) >= 11 is 0. The number of anilines is 1. The van der Waals surface area contributed by atoms with Crippen molar-refractivity contribution in [2.75, 3.05) is 5.32 Å². The number of para-hydroxylation sites is 1. The maximum atomic E-state index is 12.2. The fourth-order valence-electron chi connectivity index (χ4n) is 2.95. The Bertz CT molecular complexity index is 673. The number of carbonyl (C=O) groups is 1. The number of carbonyl (C=O) groups excluding carboxylic acids is 1. The molecule has 3 unspecified atom stereocenters. The van der Waals surface area contributed by atoms with Gasteiger partial charge in [-0.3, -0.25) is 4.79 Å². The van der Waals surface area contributed by atoms with E-state index in [4.69, 9.17) is 0 Å². The summed E-state index contributed by atoms with van der Waals surface area (Å²) in [6.07, 6.45) is 0.491. The van der Waals surface area contributed by atoms with Gasteiger partial charge in [0.05, 0.1) is 6.10 Å². The SMILES string of the molecule is Cc1ccccc1NC(=O)CC(C)NC(C)CC(O)c1ccccc1. The lowest BCUT2D eigenvalue weighted by Gasteiger charge is -2.22. The van der Waals surface area contributed by atoms with Crippen molar-refractivity contribution in [1.82, 2.24) is 5.32 Å². The van der Waals surface area contributed by atoms with Gasteiger partial charge in [0.15, 0.2) is 0 Å². The summed E-state index contributed by atoms with van der Waals surface area (Å²) in [6.45, 7) is 6.00. The molecule has 4 heteroatoms. The Morgan fingerprint density at radius 3 is 2.32 bits per heavy atom. The summed E-state index contributed by atoms with van der Waals surface area (Å²) in [7, 11) is 0. The highest BCUT2D eigenvalue weighted by Crippen LogP contribution is 2.18. The third-order valence-corrected chi connectivity index (χ3v) is 4.24. The van der Waals surface area contributed by atoms with E-state index in [0.717, 1.165) is 16.8 Å². The predicted octanol–water partition coefficient (Wildman–Crippen LogP) is 3.81. The van der Waals surface area contributed by atoms with Gasteiger partial charge in [-0.05, 0) is 44.4 Å². The molecule has 134 valence electrons. The van der Waals surface area contributed by atoms with Gasteiger partial charge in [0, 0.05) is 24.2 Å². The van der Waals surface area contributed by atoms with Crippen molar-refractivity contribution < 1.29 is 9.90 Å². The third-order valence-electron chi connectivity index (χ3n) is 4.24. The van der Waals surface area contributed by atoms with Crippen molar-refractivity contribution in [2.24, 2.45) is 0 Å². The number of hydrogen-bond acceptors (Lipinski definition) is 3. The molecule has 4 nitrogen and oxygen atoms in total. The molecule has 0 bridgehead atoms. The molecule has 0 aliphatic heterocycles. The molecule has 0 saturated heterocycles. The molecule has 0 radical (unpaired) electrons. The zero-order valence-corrected chi connectivity index (χ0v) is 15.2. The molecular formula is C21H28N2O2.